The number of aromatic nitrogens is 7. The molecule has 1 fully saturated rings. The number of pyridine rings is 1. The van der Waals surface area contributed by atoms with Crippen molar-refractivity contribution in [3.05, 3.63) is 167 Å². The van der Waals surface area contributed by atoms with Crippen molar-refractivity contribution in [2.45, 2.75) is 74.1 Å². The molecule has 0 spiro atoms. The Kier molecular flexibility index (Phi) is 17.6. The highest BCUT2D eigenvalue weighted by molar-refractivity contribution is 7.16. The largest absolute Gasteiger partial charge is 0.372 e. The number of benzene rings is 4. The summed E-state index contributed by atoms with van der Waals surface area (Å²) in [6.07, 6.45) is 9.69. The van der Waals surface area contributed by atoms with Gasteiger partial charge in [0.15, 0.2) is 0 Å². The maximum absolute atomic E-state index is 13.2. The fourth-order valence-electron chi connectivity index (χ4n) is 6.46. The predicted octanol–water partition coefficient (Wildman–Crippen LogP) is 14.0. The first-order valence-corrected chi connectivity index (χ1v) is 22.3. The first-order chi connectivity index (χ1) is 30.1. The number of nitrogens with zero attached hydrogens (tertiary/aromatic N) is 8. The lowest BCUT2D eigenvalue weighted by atomic mass is 10.1. The Morgan fingerprint density at radius 1 is 0.613 bits per heavy atom. The molecule has 0 amide bonds. The van der Waals surface area contributed by atoms with Gasteiger partial charge in [-0.05, 0) is 116 Å². The Morgan fingerprint density at radius 3 is 1.68 bits per heavy atom. The molecule has 1 aliphatic rings. The summed E-state index contributed by atoms with van der Waals surface area (Å²) in [4.78, 5) is 9.08. The van der Waals surface area contributed by atoms with Crippen LogP contribution in [0.4, 0.5) is 14.5 Å². The molecule has 4 aromatic heterocycles. The van der Waals surface area contributed by atoms with E-state index in [2.05, 4.69) is 74.7 Å². The Hall–Kier alpha value is -6.04. The van der Waals surface area contributed by atoms with E-state index in [9.17, 15) is 8.78 Å². The van der Waals surface area contributed by atoms with Gasteiger partial charge < -0.3 is 4.90 Å². The van der Waals surface area contributed by atoms with Gasteiger partial charge in [0, 0.05) is 52.1 Å². The third kappa shape index (κ3) is 12.3. The molecule has 8 nitrogen and oxygen atoms in total. The van der Waals surface area contributed by atoms with E-state index >= 15 is 0 Å². The molecule has 5 heterocycles. The first kappa shape index (κ1) is 47.0. The first-order valence-electron chi connectivity index (χ1n) is 21.1. The molecular weight excluding hydrogens is 818 g/mol. The molecule has 322 valence electrons. The molecule has 0 unspecified atom stereocenters. The van der Waals surface area contributed by atoms with Crippen molar-refractivity contribution in [1.82, 2.24) is 35.0 Å². The lowest BCUT2D eigenvalue weighted by Crippen LogP contribution is -2.17. The van der Waals surface area contributed by atoms with Crippen LogP contribution in [0.1, 0.15) is 76.3 Å². The van der Waals surface area contributed by atoms with Crippen molar-refractivity contribution >= 4 is 28.6 Å². The van der Waals surface area contributed by atoms with E-state index in [1.54, 1.807) is 66.1 Å². The van der Waals surface area contributed by atoms with Crippen LogP contribution in [0.5, 0.6) is 0 Å². The molecule has 1 saturated heterocycles. The summed E-state index contributed by atoms with van der Waals surface area (Å²) in [5, 5.41) is 17.3. The smallest absolute Gasteiger partial charge is 0.126 e. The zero-order valence-corrected chi connectivity index (χ0v) is 38.3. The lowest BCUT2D eigenvalue weighted by Gasteiger charge is -2.18. The zero-order chi connectivity index (χ0) is 44.6. The second kappa shape index (κ2) is 23.3. The Bertz CT molecular complexity index is 2460. The van der Waals surface area contributed by atoms with E-state index in [4.69, 9.17) is 11.6 Å². The molecule has 8 aromatic rings. The van der Waals surface area contributed by atoms with Crippen molar-refractivity contribution in [2.75, 3.05) is 18.0 Å². The van der Waals surface area contributed by atoms with Gasteiger partial charge in [-0.3, -0.25) is 4.98 Å². The van der Waals surface area contributed by atoms with Crippen molar-refractivity contribution in [3.63, 3.8) is 0 Å². The number of rotatable bonds is 7. The Balaban J connectivity index is 0.000000169. The number of hydrogen-bond donors (Lipinski definition) is 0. The molecule has 62 heavy (non-hydrogen) atoms. The van der Waals surface area contributed by atoms with Gasteiger partial charge in [-0.2, -0.15) is 0 Å². The van der Waals surface area contributed by atoms with E-state index in [0.29, 0.717) is 17.0 Å². The minimum absolute atomic E-state index is 0.216. The van der Waals surface area contributed by atoms with Gasteiger partial charge in [-0.15, -0.1) is 21.5 Å². The van der Waals surface area contributed by atoms with Gasteiger partial charge in [-0.1, -0.05) is 106 Å². The molecule has 0 radical (unpaired) electrons. The van der Waals surface area contributed by atoms with Crippen LogP contribution in [0.25, 0.3) is 44.3 Å². The van der Waals surface area contributed by atoms with Crippen LogP contribution >= 0.6 is 22.9 Å². The van der Waals surface area contributed by atoms with E-state index < -0.39 is 0 Å². The number of halogens is 3. The molecule has 9 rings (SSSR count). The van der Waals surface area contributed by atoms with Crippen molar-refractivity contribution in [3.8, 4) is 44.3 Å². The maximum atomic E-state index is 13.2. The summed E-state index contributed by atoms with van der Waals surface area (Å²) in [5.41, 5.74) is 8.81. The maximum Gasteiger partial charge on any atom is 0.126 e. The van der Waals surface area contributed by atoms with Crippen LogP contribution in [-0.2, 0) is 0 Å². The quantitative estimate of drug-likeness (QED) is 0.159. The fraction of sp³-hybridized carbons (Fsp3) is 0.260. The number of thiophene rings is 1. The minimum atomic E-state index is -0.226. The van der Waals surface area contributed by atoms with Gasteiger partial charge in [0.05, 0.1) is 28.8 Å². The average Bonchev–Trinajstić information content (AvgIpc) is 4.17. The number of anilines is 1. The van der Waals surface area contributed by atoms with Crippen LogP contribution in [0.3, 0.4) is 0 Å². The van der Waals surface area contributed by atoms with Crippen molar-refractivity contribution < 1.29 is 8.78 Å². The van der Waals surface area contributed by atoms with E-state index in [1.807, 2.05) is 87.7 Å². The summed E-state index contributed by atoms with van der Waals surface area (Å²) < 4.78 is 29.7. The molecule has 0 aliphatic carbocycles. The van der Waals surface area contributed by atoms with Gasteiger partial charge in [0.25, 0.3) is 0 Å². The number of hydrogen-bond acceptors (Lipinski definition) is 7. The van der Waals surface area contributed by atoms with Gasteiger partial charge in [0.1, 0.15) is 23.0 Å². The molecule has 4 aromatic carbocycles. The van der Waals surface area contributed by atoms with Crippen LogP contribution in [-0.4, -0.2) is 48.1 Å². The zero-order valence-electron chi connectivity index (χ0n) is 36.7. The minimum Gasteiger partial charge on any atom is -0.372 e. The van der Waals surface area contributed by atoms with E-state index in [0.717, 1.165) is 38.9 Å². The lowest BCUT2D eigenvalue weighted by molar-refractivity contribution is 0.617. The van der Waals surface area contributed by atoms with Gasteiger partial charge in [0.2, 0.25) is 0 Å². The average molecular weight is 874 g/mol. The van der Waals surface area contributed by atoms with Crippen molar-refractivity contribution in [1.29, 1.82) is 0 Å². The SMILES string of the molecule is CC.CC.CC(C)c1sc(-c2cccc(N3CCCC3)c2)cc1Cl.Cc1cc(-n2cc(-c3ccccc3)nn2)ccc1F.Cc1cc(-n2cc(-c3cccnc3)nn2)ccc1F. The van der Waals surface area contributed by atoms with E-state index in [1.165, 1.54) is 59.1 Å². The number of aryl methyl sites for hydroxylation is 2. The monoisotopic (exact) mass is 872 g/mol. The van der Waals surface area contributed by atoms with Crippen LogP contribution < -0.4 is 4.90 Å². The second-order valence-corrected chi connectivity index (χ2v) is 15.8. The molecule has 12 heteroatoms. The second-order valence-electron chi connectivity index (χ2n) is 14.3. The summed E-state index contributed by atoms with van der Waals surface area (Å²) in [6, 6.07) is 34.3. The Labute approximate surface area is 373 Å². The highest BCUT2D eigenvalue weighted by atomic mass is 35.5. The Morgan fingerprint density at radius 2 is 1.16 bits per heavy atom. The summed E-state index contributed by atoms with van der Waals surface area (Å²) in [7, 11) is 0. The summed E-state index contributed by atoms with van der Waals surface area (Å²) in [6.45, 7) is 18.2. The highest BCUT2D eigenvalue weighted by Crippen LogP contribution is 2.39. The van der Waals surface area contributed by atoms with Crippen molar-refractivity contribution in [2.24, 2.45) is 0 Å². The standard InChI is InChI=1S/C17H20ClNS.C15H12FN3.C14H11FN4.2C2H6/c1-12(2)17-15(18)11-16(20-17)13-6-5-7-14(10-13)19-8-3-4-9-19;1-11-9-13(7-8-14(11)16)19-10-15(17-18-19)12-5-3-2-4-6-12;1-10-7-12(4-5-13(10)15)19-9-14(17-18-19)11-3-2-6-16-8-11;2*1-2/h5-7,10-12H,3-4,8-9H2,1-2H3;2-10H,1H3;2-9H,1H3;2*1-2H3. The van der Waals surface area contributed by atoms with Crippen LogP contribution in [0.2, 0.25) is 5.02 Å². The van der Waals surface area contributed by atoms with Crippen LogP contribution in [0.15, 0.2) is 134 Å². The highest BCUT2D eigenvalue weighted by Gasteiger charge is 2.16. The summed E-state index contributed by atoms with van der Waals surface area (Å²) in [5.74, 6) is 0.0477. The third-order valence-electron chi connectivity index (χ3n) is 9.67. The third-order valence-corrected chi connectivity index (χ3v) is 11.6. The van der Waals surface area contributed by atoms with Gasteiger partial charge >= 0.3 is 0 Å². The normalized spacial score (nSPS) is 11.6. The predicted molar refractivity (Wildman–Crippen MR) is 254 cm³/mol. The molecule has 0 bridgehead atoms. The van der Waals surface area contributed by atoms with Crippen LogP contribution in [0, 0.1) is 25.5 Å². The van der Waals surface area contributed by atoms with Gasteiger partial charge in [-0.25, -0.2) is 18.1 Å². The summed E-state index contributed by atoms with van der Waals surface area (Å²) >= 11 is 8.18. The topological polar surface area (TPSA) is 77.5 Å². The van der Waals surface area contributed by atoms with E-state index in [-0.39, 0.29) is 11.6 Å². The molecule has 1 aliphatic heterocycles. The molecule has 0 atom stereocenters. The molecule has 0 saturated carbocycles. The fourth-order valence-corrected chi connectivity index (χ4v) is 8.02. The molecular formula is C50H55ClF2N8S. The molecule has 0 N–H and O–H groups in total.